The number of rotatable bonds is 10. The summed E-state index contributed by atoms with van der Waals surface area (Å²) in [5, 5.41) is 25.1. The molecule has 0 fully saturated rings. The van der Waals surface area contributed by atoms with Crippen LogP contribution in [0.4, 0.5) is 0 Å². The quantitative estimate of drug-likeness (QED) is 0.301. The van der Waals surface area contributed by atoms with Crippen molar-refractivity contribution in [2.24, 2.45) is 15.4 Å². The Balaban J connectivity index is 0. The molecule has 0 radical (unpaired) electrons. The monoisotopic (exact) mass is 302 g/mol. The Morgan fingerprint density at radius 3 is 1.52 bits per heavy atom. The first kappa shape index (κ1) is 21.4. The average Bonchev–Trinajstić information content (AvgIpc) is 2.49. The maximum atomic E-state index is 10.2. The Hall–Kier alpha value is -1.85. The molecule has 0 aromatic heterocycles. The molecule has 8 heteroatoms. The number of carbonyl (C=O) groups excluding carboxylic acids is 2. The van der Waals surface area contributed by atoms with Crippen molar-refractivity contribution in [2.45, 2.75) is 32.6 Å². The molecule has 0 saturated carbocycles. The van der Waals surface area contributed by atoms with Gasteiger partial charge in [-0.3, -0.25) is 4.79 Å². The van der Waals surface area contributed by atoms with Gasteiger partial charge in [0.1, 0.15) is 5.41 Å². The van der Waals surface area contributed by atoms with Gasteiger partial charge in [0.2, 0.25) is 12.2 Å². The van der Waals surface area contributed by atoms with E-state index in [9.17, 15) is 14.4 Å². The largest absolute Gasteiger partial charge is 0.481 e. The fraction of sp³-hybridized carbons (Fsp3) is 0.769. The number of aliphatic hydroxyl groups is 2. The summed E-state index contributed by atoms with van der Waals surface area (Å²) in [6.45, 7) is 1.30. The highest BCUT2D eigenvalue weighted by molar-refractivity contribution is 5.74. The zero-order chi connectivity index (χ0) is 16.6. The minimum absolute atomic E-state index is 0.543. The maximum Gasteiger partial charge on any atom is 0.314 e. The van der Waals surface area contributed by atoms with E-state index in [4.69, 9.17) is 15.3 Å². The fourth-order valence-electron chi connectivity index (χ4n) is 1.01. The van der Waals surface area contributed by atoms with E-state index in [1.807, 2.05) is 0 Å². The number of isocyanates is 2. The van der Waals surface area contributed by atoms with Crippen LogP contribution >= 0.6 is 0 Å². The van der Waals surface area contributed by atoms with E-state index in [0.717, 1.165) is 25.7 Å². The van der Waals surface area contributed by atoms with E-state index in [-0.39, 0.29) is 0 Å². The van der Waals surface area contributed by atoms with Crippen LogP contribution in [0.15, 0.2) is 9.98 Å². The number of aliphatic carboxylic acids is 1. The average molecular weight is 302 g/mol. The van der Waals surface area contributed by atoms with E-state index in [1.165, 1.54) is 19.1 Å². The molecule has 0 atom stereocenters. The number of carbonyl (C=O) groups is 1. The van der Waals surface area contributed by atoms with Gasteiger partial charge in [0.15, 0.2) is 0 Å². The minimum Gasteiger partial charge on any atom is -0.481 e. The van der Waals surface area contributed by atoms with Crippen LogP contribution in [0.25, 0.3) is 0 Å². The van der Waals surface area contributed by atoms with Crippen molar-refractivity contribution in [3.05, 3.63) is 0 Å². The summed E-state index contributed by atoms with van der Waals surface area (Å²) in [7, 11) is 0. The molecule has 0 amide bonds. The Labute approximate surface area is 123 Å². The minimum atomic E-state index is -1.39. The lowest BCUT2D eigenvalue weighted by atomic mass is 9.94. The number of carboxylic acid groups (broad SMARTS) is 1. The van der Waals surface area contributed by atoms with Gasteiger partial charge in [0.05, 0.1) is 26.3 Å². The SMILES string of the molecule is CC(CO)(CO)C(=O)O.O=C=NCCCCCCN=C=O. The third-order valence-electron chi connectivity index (χ3n) is 2.63. The summed E-state index contributed by atoms with van der Waals surface area (Å²) >= 11 is 0. The first-order chi connectivity index (χ1) is 9.98. The number of carboxylic acids is 1. The molecule has 120 valence electrons. The Bertz CT molecular complexity index is 347. The van der Waals surface area contributed by atoms with Crippen LogP contribution in [-0.2, 0) is 14.4 Å². The van der Waals surface area contributed by atoms with Gasteiger partial charge in [-0.25, -0.2) is 19.6 Å². The van der Waals surface area contributed by atoms with Crippen LogP contribution in [-0.4, -0.2) is 59.8 Å². The first-order valence-electron chi connectivity index (χ1n) is 6.51. The van der Waals surface area contributed by atoms with Crippen LogP contribution < -0.4 is 0 Å². The Morgan fingerprint density at radius 1 is 0.952 bits per heavy atom. The van der Waals surface area contributed by atoms with E-state index < -0.39 is 24.6 Å². The third-order valence-corrected chi connectivity index (χ3v) is 2.63. The Morgan fingerprint density at radius 2 is 1.33 bits per heavy atom. The van der Waals surface area contributed by atoms with Gasteiger partial charge in [0, 0.05) is 0 Å². The van der Waals surface area contributed by atoms with Crippen LogP contribution in [0.2, 0.25) is 0 Å². The molecule has 21 heavy (non-hydrogen) atoms. The van der Waals surface area contributed by atoms with Crippen molar-refractivity contribution in [1.82, 2.24) is 0 Å². The normalized spacial score (nSPS) is 9.67. The number of aliphatic imine (C=N–C) groups is 2. The van der Waals surface area contributed by atoms with Crippen molar-refractivity contribution in [1.29, 1.82) is 0 Å². The van der Waals surface area contributed by atoms with Gasteiger partial charge >= 0.3 is 5.97 Å². The zero-order valence-electron chi connectivity index (χ0n) is 12.1. The van der Waals surface area contributed by atoms with Crippen molar-refractivity contribution in [3.8, 4) is 0 Å². The van der Waals surface area contributed by atoms with Gasteiger partial charge in [-0.05, 0) is 19.8 Å². The van der Waals surface area contributed by atoms with Gasteiger partial charge in [-0.1, -0.05) is 12.8 Å². The van der Waals surface area contributed by atoms with Gasteiger partial charge in [0.25, 0.3) is 0 Å². The number of aliphatic hydroxyl groups excluding tert-OH is 2. The summed E-state index contributed by atoms with van der Waals surface area (Å²) < 4.78 is 0. The Kier molecular flexibility index (Phi) is 14.9. The highest BCUT2D eigenvalue weighted by Gasteiger charge is 2.31. The molecule has 8 nitrogen and oxygen atoms in total. The molecule has 0 unspecified atom stereocenters. The number of hydrogen-bond donors (Lipinski definition) is 3. The summed E-state index contributed by atoms with van der Waals surface area (Å²) in [4.78, 5) is 36.3. The molecule has 3 N–H and O–H groups in total. The summed E-state index contributed by atoms with van der Waals surface area (Å²) in [6, 6.07) is 0. The lowest BCUT2D eigenvalue weighted by Gasteiger charge is -2.17. The van der Waals surface area contributed by atoms with Crippen LogP contribution in [0.3, 0.4) is 0 Å². The van der Waals surface area contributed by atoms with Crippen LogP contribution in [0, 0.1) is 5.41 Å². The molecule has 0 aliphatic carbocycles. The first-order valence-corrected chi connectivity index (χ1v) is 6.51. The molecule has 0 rings (SSSR count). The third kappa shape index (κ3) is 12.9. The molecule has 0 saturated heterocycles. The van der Waals surface area contributed by atoms with Crippen molar-refractivity contribution >= 4 is 18.1 Å². The second kappa shape index (κ2) is 14.6. The number of hydrogen-bond acceptors (Lipinski definition) is 7. The second-order valence-corrected chi connectivity index (χ2v) is 4.54. The second-order valence-electron chi connectivity index (χ2n) is 4.54. The summed E-state index contributed by atoms with van der Waals surface area (Å²) in [5.41, 5.74) is -1.39. The molecular formula is C13H22N2O6. The molecule has 0 heterocycles. The lowest BCUT2D eigenvalue weighted by molar-refractivity contribution is -0.152. The maximum absolute atomic E-state index is 10.2. The molecule has 0 aromatic carbocycles. The lowest BCUT2D eigenvalue weighted by Crippen LogP contribution is -2.35. The van der Waals surface area contributed by atoms with Gasteiger partial charge in [-0.15, -0.1) is 0 Å². The van der Waals surface area contributed by atoms with Crippen molar-refractivity contribution in [2.75, 3.05) is 26.3 Å². The molecular weight excluding hydrogens is 280 g/mol. The topological polar surface area (TPSA) is 137 Å². The number of nitrogens with zero attached hydrogens (tertiary/aromatic N) is 2. The van der Waals surface area contributed by atoms with Crippen LogP contribution in [0.1, 0.15) is 32.6 Å². The van der Waals surface area contributed by atoms with E-state index >= 15 is 0 Å². The van der Waals surface area contributed by atoms with Gasteiger partial charge in [-0.2, -0.15) is 0 Å². The smallest absolute Gasteiger partial charge is 0.314 e. The van der Waals surface area contributed by atoms with Gasteiger partial charge < -0.3 is 15.3 Å². The standard InChI is InChI=1S/C8H12N2O2.C5H10O4/c11-7-9-5-3-1-2-4-6-10-8-12;1-5(2-6,3-7)4(8)9/h1-6H2;6-7H,2-3H2,1H3,(H,8,9). The number of unbranched alkanes of at least 4 members (excludes halogenated alkanes) is 3. The predicted octanol–water partition coefficient (Wildman–Crippen LogP) is 0.280. The summed E-state index contributed by atoms with van der Waals surface area (Å²) in [6.07, 6.45) is 6.80. The zero-order valence-corrected chi connectivity index (χ0v) is 12.1. The van der Waals surface area contributed by atoms with Crippen LogP contribution in [0.5, 0.6) is 0 Å². The predicted molar refractivity (Wildman–Crippen MR) is 74.4 cm³/mol. The van der Waals surface area contributed by atoms with Crippen molar-refractivity contribution in [3.63, 3.8) is 0 Å². The van der Waals surface area contributed by atoms with Crippen molar-refractivity contribution < 1.29 is 29.7 Å². The highest BCUT2D eigenvalue weighted by atomic mass is 16.4. The fourth-order valence-corrected chi connectivity index (χ4v) is 1.01. The summed E-state index contributed by atoms with van der Waals surface area (Å²) in [5.74, 6) is -1.19. The highest BCUT2D eigenvalue weighted by Crippen LogP contribution is 2.12. The molecule has 0 aliphatic heterocycles. The molecule has 0 bridgehead atoms. The molecule has 0 aliphatic rings. The molecule has 0 aromatic rings. The van der Waals surface area contributed by atoms with E-state index in [2.05, 4.69) is 9.98 Å². The van der Waals surface area contributed by atoms with E-state index in [1.54, 1.807) is 0 Å². The molecule has 0 spiro atoms. The van der Waals surface area contributed by atoms with E-state index in [0.29, 0.717) is 13.1 Å².